The molecule has 0 unspecified atom stereocenters. The van der Waals surface area contributed by atoms with Gasteiger partial charge in [0.25, 0.3) is 5.91 Å². The molecule has 0 atom stereocenters. The first-order chi connectivity index (χ1) is 8.47. The highest BCUT2D eigenvalue weighted by Gasteiger charge is 2.17. The van der Waals surface area contributed by atoms with Gasteiger partial charge in [0.05, 0.1) is 11.4 Å². The van der Waals surface area contributed by atoms with Crippen molar-refractivity contribution in [3.8, 4) is 0 Å². The summed E-state index contributed by atoms with van der Waals surface area (Å²) in [4.78, 5) is 15.7. The first-order valence-corrected chi connectivity index (χ1v) is 5.18. The van der Waals surface area contributed by atoms with Gasteiger partial charge in [-0.25, -0.2) is 13.8 Å². The van der Waals surface area contributed by atoms with Crippen LogP contribution in [0.2, 0.25) is 0 Å². The molecule has 6 heteroatoms. The van der Waals surface area contributed by atoms with E-state index in [0.717, 1.165) is 12.1 Å². The second-order valence-electron chi connectivity index (χ2n) is 3.73. The average molecular weight is 252 g/mol. The third kappa shape index (κ3) is 2.37. The maximum Gasteiger partial charge on any atom is 0.293 e. The third-order valence-corrected chi connectivity index (χ3v) is 2.29. The highest BCUT2D eigenvalue weighted by Crippen LogP contribution is 2.17. The lowest BCUT2D eigenvalue weighted by Gasteiger charge is -2.04. The van der Waals surface area contributed by atoms with Gasteiger partial charge >= 0.3 is 0 Å². The smallest absolute Gasteiger partial charge is 0.293 e. The van der Waals surface area contributed by atoms with Crippen molar-refractivity contribution in [1.82, 2.24) is 4.98 Å². The monoisotopic (exact) mass is 252 g/mol. The quantitative estimate of drug-likeness (QED) is 0.894. The maximum atomic E-state index is 13.3. The van der Waals surface area contributed by atoms with E-state index in [0.29, 0.717) is 17.7 Å². The van der Waals surface area contributed by atoms with E-state index in [1.165, 1.54) is 0 Å². The Hall–Kier alpha value is -2.24. The summed E-state index contributed by atoms with van der Waals surface area (Å²) < 4.78 is 31.1. The SMILES string of the molecule is Cc1nc(C)c(C(=O)Nc2ccc(F)cc2F)o1. The third-order valence-electron chi connectivity index (χ3n) is 2.29. The topological polar surface area (TPSA) is 55.1 Å². The molecule has 0 saturated heterocycles. The van der Waals surface area contributed by atoms with Crippen LogP contribution in [0.1, 0.15) is 22.1 Å². The minimum Gasteiger partial charge on any atom is -0.436 e. The Morgan fingerprint density at radius 1 is 1.33 bits per heavy atom. The molecule has 18 heavy (non-hydrogen) atoms. The fourth-order valence-corrected chi connectivity index (χ4v) is 1.51. The van der Waals surface area contributed by atoms with Gasteiger partial charge in [-0.2, -0.15) is 0 Å². The predicted octanol–water partition coefficient (Wildman–Crippen LogP) is 2.82. The molecule has 1 N–H and O–H groups in total. The zero-order valence-electron chi connectivity index (χ0n) is 9.75. The fourth-order valence-electron chi connectivity index (χ4n) is 1.51. The van der Waals surface area contributed by atoms with Crippen LogP contribution in [-0.2, 0) is 0 Å². The molecule has 4 nitrogen and oxygen atoms in total. The molecular formula is C12H10F2N2O2. The number of benzene rings is 1. The lowest BCUT2D eigenvalue weighted by molar-refractivity contribution is 0.0994. The Kier molecular flexibility index (Phi) is 3.10. The van der Waals surface area contributed by atoms with Crippen LogP contribution in [-0.4, -0.2) is 10.9 Å². The van der Waals surface area contributed by atoms with E-state index in [-0.39, 0.29) is 11.4 Å². The number of anilines is 1. The summed E-state index contributed by atoms with van der Waals surface area (Å²) >= 11 is 0. The number of hydrogen-bond donors (Lipinski definition) is 1. The number of hydrogen-bond acceptors (Lipinski definition) is 3. The molecule has 1 aromatic carbocycles. The number of nitrogens with one attached hydrogen (secondary N) is 1. The summed E-state index contributed by atoms with van der Waals surface area (Å²) in [5, 5.41) is 2.29. The molecule has 2 rings (SSSR count). The van der Waals surface area contributed by atoms with Crippen molar-refractivity contribution in [2.75, 3.05) is 5.32 Å². The van der Waals surface area contributed by atoms with Gasteiger partial charge in [-0.3, -0.25) is 4.79 Å². The Morgan fingerprint density at radius 3 is 2.61 bits per heavy atom. The number of rotatable bonds is 2. The molecule has 0 aliphatic heterocycles. The van der Waals surface area contributed by atoms with Gasteiger partial charge in [0.2, 0.25) is 5.76 Å². The Labute approximate surface area is 102 Å². The van der Waals surface area contributed by atoms with Crippen LogP contribution < -0.4 is 5.32 Å². The second-order valence-corrected chi connectivity index (χ2v) is 3.73. The fraction of sp³-hybridized carbons (Fsp3) is 0.167. The van der Waals surface area contributed by atoms with Crippen LogP contribution in [0.4, 0.5) is 14.5 Å². The van der Waals surface area contributed by atoms with E-state index in [9.17, 15) is 13.6 Å². The zero-order valence-corrected chi connectivity index (χ0v) is 9.75. The lowest BCUT2D eigenvalue weighted by Crippen LogP contribution is -2.13. The van der Waals surface area contributed by atoms with E-state index < -0.39 is 17.5 Å². The average Bonchev–Trinajstić information content (AvgIpc) is 2.62. The van der Waals surface area contributed by atoms with Gasteiger partial charge in [-0.15, -0.1) is 0 Å². The van der Waals surface area contributed by atoms with Crippen molar-refractivity contribution in [3.63, 3.8) is 0 Å². The molecule has 0 aliphatic carbocycles. The lowest BCUT2D eigenvalue weighted by atomic mass is 10.2. The molecule has 0 aliphatic rings. The van der Waals surface area contributed by atoms with Crippen LogP contribution >= 0.6 is 0 Å². The maximum absolute atomic E-state index is 13.3. The molecule has 0 fully saturated rings. The molecule has 1 heterocycles. The van der Waals surface area contributed by atoms with Crippen molar-refractivity contribution >= 4 is 11.6 Å². The van der Waals surface area contributed by atoms with Crippen molar-refractivity contribution in [3.05, 3.63) is 47.2 Å². The molecule has 0 spiro atoms. The first kappa shape index (κ1) is 12.2. The van der Waals surface area contributed by atoms with E-state index in [4.69, 9.17) is 4.42 Å². The summed E-state index contributed by atoms with van der Waals surface area (Å²) in [6.07, 6.45) is 0. The van der Waals surface area contributed by atoms with Gasteiger partial charge in [0, 0.05) is 13.0 Å². The molecule has 0 radical (unpaired) electrons. The van der Waals surface area contributed by atoms with Gasteiger partial charge < -0.3 is 9.73 Å². The number of nitrogens with zero attached hydrogens (tertiary/aromatic N) is 1. The largest absolute Gasteiger partial charge is 0.436 e. The highest BCUT2D eigenvalue weighted by molar-refractivity contribution is 6.02. The second kappa shape index (κ2) is 4.56. The minimum atomic E-state index is -0.850. The summed E-state index contributed by atoms with van der Waals surface area (Å²) in [5.41, 5.74) is 0.294. The van der Waals surface area contributed by atoms with E-state index in [1.807, 2.05) is 0 Å². The van der Waals surface area contributed by atoms with E-state index in [2.05, 4.69) is 10.3 Å². The van der Waals surface area contributed by atoms with Crippen LogP contribution in [0.5, 0.6) is 0 Å². The van der Waals surface area contributed by atoms with Crippen LogP contribution in [0, 0.1) is 25.5 Å². The number of carbonyl (C=O) groups is 1. The van der Waals surface area contributed by atoms with Crippen LogP contribution in [0.3, 0.4) is 0 Å². The number of halogens is 2. The van der Waals surface area contributed by atoms with Crippen molar-refractivity contribution < 1.29 is 18.0 Å². The predicted molar refractivity (Wildman–Crippen MR) is 60.3 cm³/mol. The standard InChI is InChI=1S/C12H10F2N2O2/c1-6-11(18-7(2)15-6)12(17)16-10-4-3-8(13)5-9(10)14/h3-5H,1-2H3,(H,16,17). The molecule has 0 bridgehead atoms. The molecule has 1 aromatic heterocycles. The number of oxazole rings is 1. The number of aryl methyl sites for hydroxylation is 2. The van der Waals surface area contributed by atoms with E-state index >= 15 is 0 Å². The summed E-state index contributed by atoms with van der Waals surface area (Å²) in [6, 6.07) is 2.88. The van der Waals surface area contributed by atoms with Gasteiger partial charge in [0.1, 0.15) is 11.6 Å². The molecule has 2 aromatic rings. The molecule has 0 saturated carbocycles. The zero-order chi connectivity index (χ0) is 13.3. The summed E-state index contributed by atoms with van der Waals surface area (Å²) in [5.74, 6) is -1.83. The molecule has 94 valence electrons. The minimum absolute atomic E-state index is 0.0104. The van der Waals surface area contributed by atoms with Gasteiger partial charge in [0.15, 0.2) is 5.89 Å². The van der Waals surface area contributed by atoms with Crippen molar-refractivity contribution in [2.45, 2.75) is 13.8 Å². The van der Waals surface area contributed by atoms with Crippen LogP contribution in [0.15, 0.2) is 22.6 Å². The van der Waals surface area contributed by atoms with Gasteiger partial charge in [-0.1, -0.05) is 0 Å². The molecule has 1 amide bonds. The number of aromatic nitrogens is 1. The van der Waals surface area contributed by atoms with E-state index in [1.54, 1.807) is 13.8 Å². The van der Waals surface area contributed by atoms with Crippen LogP contribution in [0.25, 0.3) is 0 Å². The van der Waals surface area contributed by atoms with Gasteiger partial charge in [-0.05, 0) is 19.1 Å². The Balaban J connectivity index is 2.24. The highest BCUT2D eigenvalue weighted by atomic mass is 19.1. The van der Waals surface area contributed by atoms with Crippen molar-refractivity contribution in [1.29, 1.82) is 0 Å². The first-order valence-electron chi connectivity index (χ1n) is 5.18. The Bertz CT molecular complexity index is 608. The van der Waals surface area contributed by atoms with Crippen molar-refractivity contribution in [2.24, 2.45) is 0 Å². The Morgan fingerprint density at radius 2 is 2.06 bits per heavy atom. The number of amides is 1. The summed E-state index contributed by atoms with van der Waals surface area (Å²) in [7, 11) is 0. The number of carbonyl (C=O) groups excluding carboxylic acids is 1. The normalized spacial score (nSPS) is 10.4. The summed E-state index contributed by atoms with van der Waals surface area (Å²) in [6.45, 7) is 3.20. The molecular weight excluding hydrogens is 242 g/mol.